The second-order valence-corrected chi connectivity index (χ2v) is 7.40. The summed E-state index contributed by atoms with van der Waals surface area (Å²) in [6.07, 6.45) is 20.1. The van der Waals surface area contributed by atoms with Gasteiger partial charge in [-0.3, -0.25) is 4.79 Å². The van der Waals surface area contributed by atoms with E-state index in [1.165, 1.54) is 77.0 Å². The Bertz CT molecular complexity index is 244. The van der Waals surface area contributed by atoms with Gasteiger partial charge in [-0.1, -0.05) is 99.9 Å². The number of carbonyl (C=O) groups excluding carboxylic acids is 1. The highest BCUT2D eigenvalue weighted by molar-refractivity contribution is 9.09. The van der Waals surface area contributed by atoms with Crippen molar-refractivity contribution in [3.63, 3.8) is 0 Å². The number of unbranched alkanes of at least 4 members (excludes halogenated alkanes) is 13. The van der Waals surface area contributed by atoms with E-state index in [-0.39, 0.29) is 5.97 Å². The first-order valence-corrected chi connectivity index (χ1v) is 11.1. The predicted octanol–water partition coefficient (Wildman–Crippen LogP) is 7.19. The molecule has 0 radical (unpaired) electrons. The molecule has 138 valence electrons. The Balaban J connectivity index is 3.06. The molecule has 0 atom stereocenters. The standard InChI is InChI=1S/C20H39BrO2/c1-2-3-4-5-6-7-8-9-10-11-12-13-16-19-23-20(22)17-14-15-18-21/h2-19H2,1H3. The smallest absolute Gasteiger partial charge is 0.305 e. The quantitative estimate of drug-likeness (QED) is 0.140. The van der Waals surface area contributed by atoms with Crippen LogP contribution in [0.1, 0.15) is 110 Å². The molecule has 23 heavy (non-hydrogen) atoms. The summed E-state index contributed by atoms with van der Waals surface area (Å²) in [5.74, 6) is -0.0233. The van der Waals surface area contributed by atoms with Crippen molar-refractivity contribution in [1.82, 2.24) is 0 Å². The van der Waals surface area contributed by atoms with Crippen LogP contribution in [0.3, 0.4) is 0 Å². The molecule has 0 saturated carbocycles. The number of hydrogen-bond donors (Lipinski definition) is 0. The zero-order valence-electron chi connectivity index (χ0n) is 15.4. The van der Waals surface area contributed by atoms with Gasteiger partial charge in [-0.15, -0.1) is 0 Å². The molecule has 0 bridgehead atoms. The van der Waals surface area contributed by atoms with Crippen molar-refractivity contribution in [2.24, 2.45) is 0 Å². The predicted molar refractivity (Wildman–Crippen MR) is 104 cm³/mol. The molecule has 0 aromatic rings. The summed E-state index contributed by atoms with van der Waals surface area (Å²) < 4.78 is 5.23. The molecule has 0 spiro atoms. The summed E-state index contributed by atoms with van der Waals surface area (Å²) in [6, 6.07) is 0. The van der Waals surface area contributed by atoms with Crippen LogP contribution in [-0.4, -0.2) is 17.9 Å². The van der Waals surface area contributed by atoms with E-state index in [1.54, 1.807) is 0 Å². The van der Waals surface area contributed by atoms with Crippen molar-refractivity contribution < 1.29 is 9.53 Å². The molecule has 0 heterocycles. The molecule has 0 aliphatic carbocycles. The Kier molecular flexibility index (Phi) is 20.0. The largest absolute Gasteiger partial charge is 0.466 e. The number of carbonyl (C=O) groups is 1. The van der Waals surface area contributed by atoms with Gasteiger partial charge < -0.3 is 4.74 Å². The average molecular weight is 391 g/mol. The maximum Gasteiger partial charge on any atom is 0.305 e. The lowest BCUT2D eigenvalue weighted by Gasteiger charge is -2.05. The van der Waals surface area contributed by atoms with Crippen molar-refractivity contribution >= 4 is 21.9 Å². The van der Waals surface area contributed by atoms with E-state index in [0.29, 0.717) is 13.0 Å². The molecular weight excluding hydrogens is 352 g/mol. The average Bonchev–Trinajstić information content (AvgIpc) is 2.55. The minimum atomic E-state index is -0.0233. The Morgan fingerprint density at radius 3 is 1.65 bits per heavy atom. The number of hydrogen-bond acceptors (Lipinski definition) is 2. The fourth-order valence-electron chi connectivity index (χ4n) is 2.74. The summed E-state index contributed by atoms with van der Waals surface area (Å²) in [4.78, 5) is 11.4. The lowest BCUT2D eigenvalue weighted by atomic mass is 10.0. The van der Waals surface area contributed by atoms with Gasteiger partial charge in [0.05, 0.1) is 6.61 Å². The number of alkyl halides is 1. The van der Waals surface area contributed by atoms with E-state index in [9.17, 15) is 4.79 Å². The number of esters is 1. The van der Waals surface area contributed by atoms with Gasteiger partial charge in [0, 0.05) is 11.8 Å². The van der Waals surface area contributed by atoms with Gasteiger partial charge in [0.25, 0.3) is 0 Å². The van der Waals surface area contributed by atoms with Crippen LogP contribution in [0.4, 0.5) is 0 Å². The lowest BCUT2D eigenvalue weighted by molar-refractivity contribution is -0.143. The van der Waals surface area contributed by atoms with Gasteiger partial charge in [-0.25, -0.2) is 0 Å². The minimum Gasteiger partial charge on any atom is -0.466 e. The lowest BCUT2D eigenvalue weighted by Crippen LogP contribution is -2.05. The summed E-state index contributed by atoms with van der Waals surface area (Å²) in [5.41, 5.74) is 0. The summed E-state index contributed by atoms with van der Waals surface area (Å²) in [6.45, 7) is 2.89. The SMILES string of the molecule is CCCCCCCCCCCCCCCOC(=O)CCCCBr. The second-order valence-electron chi connectivity index (χ2n) is 6.61. The first kappa shape index (κ1) is 22.9. The topological polar surface area (TPSA) is 26.3 Å². The number of ether oxygens (including phenoxy) is 1. The first-order valence-electron chi connectivity index (χ1n) is 10.0. The van der Waals surface area contributed by atoms with Gasteiger partial charge in [0.15, 0.2) is 0 Å². The fourth-order valence-corrected chi connectivity index (χ4v) is 3.14. The van der Waals surface area contributed by atoms with Crippen LogP contribution in [0.2, 0.25) is 0 Å². The van der Waals surface area contributed by atoms with Gasteiger partial charge in [-0.05, 0) is 19.3 Å². The van der Waals surface area contributed by atoms with Crippen molar-refractivity contribution in [3.05, 3.63) is 0 Å². The highest BCUT2D eigenvalue weighted by atomic mass is 79.9. The molecule has 0 rings (SSSR count). The molecule has 0 fully saturated rings. The van der Waals surface area contributed by atoms with Crippen molar-refractivity contribution in [2.45, 2.75) is 110 Å². The highest BCUT2D eigenvalue weighted by Crippen LogP contribution is 2.12. The zero-order chi connectivity index (χ0) is 17.0. The third-order valence-electron chi connectivity index (χ3n) is 4.28. The molecule has 0 unspecified atom stereocenters. The summed E-state index contributed by atoms with van der Waals surface area (Å²) in [7, 11) is 0. The Hall–Kier alpha value is -0.0500. The third kappa shape index (κ3) is 19.9. The molecule has 0 amide bonds. The van der Waals surface area contributed by atoms with Crippen LogP contribution in [0.25, 0.3) is 0 Å². The maximum atomic E-state index is 11.4. The molecule has 0 aromatic carbocycles. The van der Waals surface area contributed by atoms with Crippen LogP contribution in [0, 0.1) is 0 Å². The molecule has 0 aromatic heterocycles. The zero-order valence-corrected chi connectivity index (χ0v) is 17.0. The molecule has 0 saturated heterocycles. The summed E-state index contributed by atoms with van der Waals surface area (Å²) in [5, 5.41) is 0.971. The Morgan fingerprint density at radius 1 is 0.696 bits per heavy atom. The highest BCUT2D eigenvalue weighted by Gasteiger charge is 2.01. The van der Waals surface area contributed by atoms with Crippen LogP contribution >= 0.6 is 15.9 Å². The van der Waals surface area contributed by atoms with Gasteiger partial charge >= 0.3 is 5.97 Å². The van der Waals surface area contributed by atoms with Crippen molar-refractivity contribution in [1.29, 1.82) is 0 Å². The molecule has 0 aliphatic heterocycles. The molecule has 0 N–H and O–H groups in total. The van der Waals surface area contributed by atoms with E-state index in [1.807, 2.05) is 0 Å². The van der Waals surface area contributed by atoms with E-state index < -0.39 is 0 Å². The maximum absolute atomic E-state index is 11.4. The minimum absolute atomic E-state index is 0.0233. The van der Waals surface area contributed by atoms with Crippen LogP contribution < -0.4 is 0 Å². The van der Waals surface area contributed by atoms with Crippen molar-refractivity contribution in [2.75, 3.05) is 11.9 Å². The monoisotopic (exact) mass is 390 g/mol. The van der Waals surface area contributed by atoms with Gasteiger partial charge in [0.2, 0.25) is 0 Å². The van der Waals surface area contributed by atoms with Crippen LogP contribution in [-0.2, 0) is 9.53 Å². The molecule has 3 heteroatoms. The van der Waals surface area contributed by atoms with E-state index in [4.69, 9.17) is 4.74 Å². The van der Waals surface area contributed by atoms with Gasteiger partial charge in [-0.2, -0.15) is 0 Å². The molecular formula is C20H39BrO2. The van der Waals surface area contributed by atoms with Crippen LogP contribution in [0.5, 0.6) is 0 Å². The van der Waals surface area contributed by atoms with Crippen LogP contribution in [0.15, 0.2) is 0 Å². The summed E-state index contributed by atoms with van der Waals surface area (Å²) >= 11 is 3.37. The number of rotatable bonds is 18. The normalized spacial score (nSPS) is 10.9. The molecule has 2 nitrogen and oxygen atoms in total. The number of halogens is 1. The fraction of sp³-hybridized carbons (Fsp3) is 0.950. The van der Waals surface area contributed by atoms with E-state index >= 15 is 0 Å². The van der Waals surface area contributed by atoms with E-state index in [2.05, 4.69) is 22.9 Å². The van der Waals surface area contributed by atoms with Crippen molar-refractivity contribution in [3.8, 4) is 0 Å². The third-order valence-corrected chi connectivity index (χ3v) is 4.84. The molecule has 0 aliphatic rings. The second kappa shape index (κ2) is 20.0. The van der Waals surface area contributed by atoms with Gasteiger partial charge in [0.1, 0.15) is 0 Å². The Labute approximate surface area is 153 Å². The van der Waals surface area contributed by atoms with E-state index in [0.717, 1.165) is 24.6 Å². The first-order chi connectivity index (χ1) is 11.3. The Morgan fingerprint density at radius 2 is 1.17 bits per heavy atom.